The van der Waals surface area contributed by atoms with Gasteiger partial charge in [-0.1, -0.05) is 0 Å². The molecule has 1 aliphatic rings. The number of aliphatic hydroxyl groups excluding tert-OH is 1. The molecule has 1 unspecified atom stereocenters. The third-order valence-corrected chi connectivity index (χ3v) is 2.04. The minimum absolute atomic E-state index is 0. The number of β-amino-alcohol motifs (C(OH)–C–C–N with tert-alkyl or cyclic N) is 1. The molecular weight excluding hydrogens is 192 g/mol. The molecule has 0 aromatic rings. The van der Waals surface area contributed by atoms with Crippen molar-refractivity contribution in [1.82, 2.24) is 10.2 Å². The second-order valence-corrected chi connectivity index (χ2v) is 3.16. The van der Waals surface area contributed by atoms with Crippen molar-refractivity contribution >= 4 is 12.4 Å². The second-order valence-electron chi connectivity index (χ2n) is 3.16. The summed E-state index contributed by atoms with van der Waals surface area (Å²) < 4.78 is 4.85. The molecule has 4 nitrogen and oxygen atoms in total. The Morgan fingerprint density at radius 2 is 2.08 bits per heavy atom. The van der Waals surface area contributed by atoms with Crippen LogP contribution in [0.5, 0.6) is 0 Å². The van der Waals surface area contributed by atoms with E-state index in [1.807, 2.05) is 0 Å². The van der Waals surface area contributed by atoms with Crippen molar-refractivity contribution in [3.05, 3.63) is 0 Å². The Morgan fingerprint density at radius 1 is 1.46 bits per heavy atom. The summed E-state index contributed by atoms with van der Waals surface area (Å²) in [5.74, 6) is 0. The molecule has 80 valence electrons. The Morgan fingerprint density at radius 3 is 2.62 bits per heavy atom. The second kappa shape index (κ2) is 7.53. The summed E-state index contributed by atoms with van der Waals surface area (Å²) in [6.07, 6.45) is -0.340. The maximum absolute atomic E-state index is 9.41. The molecule has 13 heavy (non-hydrogen) atoms. The van der Waals surface area contributed by atoms with Crippen molar-refractivity contribution in [2.75, 3.05) is 46.4 Å². The smallest absolute Gasteiger partial charge is 0.0900 e. The van der Waals surface area contributed by atoms with E-state index in [-0.39, 0.29) is 18.5 Å². The van der Waals surface area contributed by atoms with Crippen LogP contribution in [0.3, 0.4) is 0 Å². The van der Waals surface area contributed by atoms with E-state index in [9.17, 15) is 5.11 Å². The zero-order valence-corrected chi connectivity index (χ0v) is 8.85. The molecule has 0 bridgehead atoms. The fourth-order valence-electron chi connectivity index (χ4n) is 1.44. The lowest BCUT2D eigenvalue weighted by atomic mass is 10.3. The van der Waals surface area contributed by atoms with Gasteiger partial charge in [-0.25, -0.2) is 0 Å². The lowest BCUT2D eigenvalue weighted by molar-refractivity contribution is 0.0351. The summed E-state index contributed by atoms with van der Waals surface area (Å²) in [6, 6.07) is 0. The van der Waals surface area contributed by atoms with Crippen LogP contribution in [0, 0.1) is 0 Å². The molecule has 1 fully saturated rings. The van der Waals surface area contributed by atoms with Gasteiger partial charge in [0, 0.05) is 39.8 Å². The summed E-state index contributed by atoms with van der Waals surface area (Å²) in [5.41, 5.74) is 0. The molecule has 1 saturated heterocycles. The van der Waals surface area contributed by atoms with Crippen LogP contribution in [0.1, 0.15) is 0 Å². The first kappa shape index (κ1) is 13.1. The lowest BCUT2D eigenvalue weighted by Crippen LogP contribution is -2.46. The molecule has 0 aromatic heterocycles. The van der Waals surface area contributed by atoms with Crippen LogP contribution in [-0.4, -0.2) is 62.6 Å². The monoisotopic (exact) mass is 210 g/mol. The Kier molecular flexibility index (Phi) is 7.60. The van der Waals surface area contributed by atoms with E-state index in [0.29, 0.717) is 6.61 Å². The number of ether oxygens (including phenoxy) is 1. The third kappa shape index (κ3) is 5.44. The molecule has 1 atom stereocenters. The number of nitrogens with zero attached hydrogens (tertiary/aromatic N) is 1. The summed E-state index contributed by atoms with van der Waals surface area (Å²) in [5, 5.41) is 12.7. The van der Waals surface area contributed by atoms with Gasteiger partial charge in [-0.15, -0.1) is 12.4 Å². The maximum Gasteiger partial charge on any atom is 0.0900 e. The number of piperazine rings is 1. The molecule has 5 heteroatoms. The number of aliphatic hydroxyl groups is 1. The summed E-state index contributed by atoms with van der Waals surface area (Å²) in [4.78, 5) is 2.25. The van der Waals surface area contributed by atoms with Crippen molar-refractivity contribution < 1.29 is 9.84 Å². The summed E-state index contributed by atoms with van der Waals surface area (Å²) in [6.45, 7) is 5.28. The normalized spacial score (nSPS) is 20.8. The van der Waals surface area contributed by atoms with Crippen molar-refractivity contribution in [3.8, 4) is 0 Å². The molecular formula is C8H19ClN2O2. The quantitative estimate of drug-likeness (QED) is 0.646. The van der Waals surface area contributed by atoms with Gasteiger partial charge in [-0.05, 0) is 0 Å². The number of halogens is 1. The number of rotatable bonds is 4. The van der Waals surface area contributed by atoms with E-state index in [1.54, 1.807) is 7.11 Å². The van der Waals surface area contributed by atoms with Gasteiger partial charge in [0.1, 0.15) is 0 Å². The SMILES string of the molecule is COCC(O)CN1CCNCC1.Cl. The third-order valence-electron chi connectivity index (χ3n) is 2.04. The Labute approximate surface area is 85.7 Å². The van der Waals surface area contributed by atoms with Gasteiger partial charge in [0.2, 0.25) is 0 Å². The van der Waals surface area contributed by atoms with Gasteiger partial charge in [0.25, 0.3) is 0 Å². The van der Waals surface area contributed by atoms with Crippen LogP contribution in [-0.2, 0) is 4.74 Å². The molecule has 0 saturated carbocycles. The zero-order chi connectivity index (χ0) is 8.81. The van der Waals surface area contributed by atoms with E-state index in [1.165, 1.54) is 0 Å². The maximum atomic E-state index is 9.41. The van der Waals surface area contributed by atoms with E-state index in [4.69, 9.17) is 4.74 Å². The highest BCUT2D eigenvalue weighted by Gasteiger charge is 2.13. The van der Waals surface area contributed by atoms with Crippen LogP contribution >= 0.6 is 12.4 Å². The van der Waals surface area contributed by atoms with Crippen LogP contribution in [0.2, 0.25) is 0 Å². The lowest BCUT2D eigenvalue weighted by Gasteiger charge is -2.28. The van der Waals surface area contributed by atoms with Crippen molar-refractivity contribution in [2.45, 2.75) is 6.10 Å². The first-order chi connectivity index (χ1) is 5.83. The predicted octanol–water partition coefficient (Wildman–Crippen LogP) is -0.679. The number of hydrogen-bond acceptors (Lipinski definition) is 4. The number of hydrogen-bond donors (Lipinski definition) is 2. The average Bonchev–Trinajstić information content (AvgIpc) is 2.06. The largest absolute Gasteiger partial charge is 0.389 e. The van der Waals surface area contributed by atoms with E-state index in [2.05, 4.69) is 10.2 Å². The van der Waals surface area contributed by atoms with E-state index < -0.39 is 0 Å². The van der Waals surface area contributed by atoms with Crippen molar-refractivity contribution in [3.63, 3.8) is 0 Å². The van der Waals surface area contributed by atoms with Gasteiger partial charge < -0.3 is 15.2 Å². The highest BCUT2D eigenvalue weighted by Crippen LogP contribution is 1.95. The van der Waals surface area contributed by atoms with Crippen LogP contribution in [0.15, 0.2) is 0 Å². The van der Waals surface area contributed by atoms with E-state index in [0.717, 1.165) is 32.7 Å². The van der Waals surface area contributed by atoms with Crippen LogP contribution < -0.4 is 5.32 Å². The first-order valence-corrected chi connectivity index (χ1v) is 4.43. The average molecular weight is 211 g/mol. The molecule has 0 radical (unpaired) electrons. The Bertz CT molecular complexity index is 121. The molecule has 0 aromatic carbocycles. The molecule has 1 aliphatic heterocycles. The highest BCUT2D eigenvalue weighted by molar-refractivity contribution is 5.85. The van der Waals surface area contributed by atoms with Crippen molar-refractivity contribution in [1.29, 1.82) is 0 Å². The molecule has 2 N–H and O–H groups in total. The minimum atomic E-state index is -0.340. The van der Waals surface area contributed by atoms with Gasteiger partial charge in [-0.2, -0.15) is 0 Å². The summed E-state index contributed by atoms with van der Waals surface area (Å²) in [7, 11) is 1.61. The Hall–Kier alpha value is 0.130. The van der Waals surface area contributed by atoms with Gasteiger partial charge >= 0.3 is 0 Å². The molecule has 0 aliphatic carbocycles. The topological polar surface area (TPSA) is 44.7 Å². The number of nitrogens with one attached hydrogen (secondary N) is 1. The minimum Gasteiger partial charge on any atom is -0.389 e. The van der Waals surface area contributed by atoms with Crippen LogP contribution in [0.4, 0.5) is 0 Å². The van der Waals surface area contributed by atoms with Crippen LogP contribution in [0.25, 0.3) is 0 Å². The first-order valence-electron chi connectivity index (χ1n) is 4.43. The molecule has 1 heterocycles. The standard InChI is InChI=1S/C8H18N2O2.ClH/c1-12-7-8(11)6-10-4-2-9-3-5-10;/h8-9,11H,2-7H2,1H3;1H. The Balaban J connectivity index is 0.00000144. The number of methoxy groups -OCH3 is 1. The summed E-state index contributed by atoms with van der Waals surface area (Å²) >= 11 is 0. The van der Waals surface area contributed by atoms with Crippen molar-refractivity contribution in [2.24, 2.45) is 0 Å². The molecule has 0 spiro atoms. The van der Waals surface area contributed by atoms with Gasteiger partial charge in [0.05, 0.1) is 12.7 Å². The highest BCUT2D eigenvalue weighted by atomic mass is 35.5. The molecule has 0 amide bonds. The van der Waals surface area contributed by atoms with Gasteiger partial charge in [-0.3, -0.25) is 4.90 Å². The van der Waals surface area contributed by atoms with Gasteiger partial charge in [0.15, 0.2) is 0 Å². The predicted molar refractivity (Wildman–Crippen MR) is 54.4 cm³/mol. The fourth-order valence-corrected chi connectivity index (χ4v) is 1.44. The molecule has 1 rings (SSSR count). The zero-order valence-electron chi connectivity index (χ0n) is 8.03. The van der Waals surface area contributed by atoms with E-state index >= 15 is 0 Å². The fraction of sp³-hybridized carbons (Fsp3) is 1.00.